The van der Waals surface area contributed by atoms with E-state index >= 15 is 0 Å². The molecule has 1 N–H and O–H groups in total. The number of carbonyl (C=O) groups excluding carboxylic acids is 1. The number of sulfonamides is 1. The van der Waals surface area contributed by atoms with Gasteiger partial charge < -0.3 is 10.1 Å². The first kappa shape index (κ1) is 20.1. The molecule has 27 heavy (non-hydrogen) atoms. The third-order valence-corrected chi connectivity index (χ3v) is 7.47. The summed E-state index contributed by atoms with van der Waals surface area (Å²) in [5.41, 5.74) is 0.917. The van der Waals surface area contributed by atoms with Crippen molar-refractivity contribution in [3.63, 3.8) is 0 Å². The molecule has 1 heterocycles. The number of methoxy groups -OCH3 is 1. The summed E-state index contributed by atoms with van der Waals surface area (Å²) in [5.74, 6) is 0.605. The Morgan fingerprint density at radius 3 is 2.70 bits per heavy atom. The summed E-state index contributed by atoms with van der Waals surface area (Å²) in [6, 6.07) is 7.10. The van der Waals surface area contributed by atoms with Gasteiger partial charge in [0.25, 0.3) is 0 Å². The van der Waals surface area contributed by atoms with Crippen LogP contribution in [0.5, 0.6) is 5.75 Å². The highest BCUT2D eigenvalue weighted by atomic mass is 32.2. The van der Waals surface area contributed by atoms with Crippen molar-refractivity contribution in [2.75, 3.05) is 19.4 Å². The minimum Gasteiger partial charge on any atom is -0.497 e. The fraction of sp³-hybridized carbons (Fsp3) is 0.650. The third kappa shape index (κ3) is 5.23. The van der Waals surface area contributed by atoms with Gasteiger partial charge in [0.1, 0.15) is 11.8 Å². The van der Waals surface area contributed by atoms with Gasteiger partial charge >= 0.3 is 0 Å². The number of ether oxygens (including phenoxy) is 1. The van der Waals surface area contributed by atoms with Crippen molar-refractivity contribution in [2.45, 2.75) is 63.5 Å². The van der Waals surface area contributed by atoms with Crippen LogP contribution in [0.4, 0.5) is 0 Å². The maximum Gasteiger partial charge on any atom is 0.238 e. The van der Waals surface area contributed by atoms with E-state index in [-0.39, 0.29) is 17.7 Å². The molecule has 1 aliphatic heterocycles. The molecule has 1 aliphatic carbocycles. The standard InChI is InChI=1S/C20H30N2O4S/c1-26-18-10-5-7-16(15-18)12-14-27(24,25)22-13-6-11-19(22)20(23)21-17-8-3-2-4-9-17/h5,7,10,15,17,19H,2-4,6,8-9,11-14H2,1H3,(H,21,23). The van der Waals surface area contributed by atoms with Crippen molar-refractivity contribution in [3.05, 3.63) is 29.8 Å². The lowest BCUT2D eigenvalue weighted by Gasteiger charge is -2.28. The highest BCUT2D eigenvalue weighted by molar-refractivity contribution is 7.89. The Morgan fingerprint density at radius 2 is 1.96 bits per heavy atom. The zero-order valence-electron chi connectivity index (χ0n) is 16.0. The lowest BCUT2D eigenvalue weighted by molar-refractivity contribution is -0.125. The number of amides is 1. The van der Waals surface area contributed by atoms with Crippen LogP contribution < -0.4 is 10.1 Å². The van der Waals surface area contributed by atoms with Crippen LogP contribution in [-0.2, 0) is 21.2 Å². The van der Waals surface area contributed by atoms with Crippen molar-refractivity contribution in [1.29, 1.82) is 0 Å². The van der Waals surface area contributed by atoms with E-state index in [4.69, 9.17) is 4.74 Å². The second-order valence-corrected chi connectivity index (χ2v) is 9.57. The zero-order chi connectivity index (χ0) is 19.3. The van der Waals surface area contributed by atoms with Gasteiger partial charge in [-0.25, -0.2) is 8.42 Å². The molecule has 0 aromatic heterocycles. The Kier molecular flexibility index (Phi) is 6.76. The Labute approximate surface area is 162 Å². The van der Waals surface area contributed by atoms with Gasteiger partial charge in [-0.15, -0.1) is 0 Å². The quantitative estimate of drug-likeness (QED) is 0.771. The average Bonchev–Trinajstić information content (AvgIpc) is 3.18. The maximum atomic E-state index is 12.9. The number of hydrogen-bond acceptors (Lipinski definition) is 4. The average molecular weight is 395 g/mol. The minimum atomic E-state index is -3.48. The van der Waals surface area contributed by atoms with Crippen LogP contribution in [0.3, 0.4) is 0 Å². The highest BCUT2D eigenvalue weighted by Crippen LogP contribution is 2.24. The van der Waals surface area contributed by atoms with Crippen LogP contribution in [0.1, 0.15) is 50.5 Å². The summed E-state index contributed by atoms with van der Waals surface area (Å²) in [6.45, 7) is 0.434. The van der Waals surface area contributed by atoms with Gasteiger partial charge in [0.05, 0.1) is 12.9 Å². The summed E-state index contributed by atoms with van der Waals surface area (Å²) in [6.07, 6.45) is 7.25. The van der Waals surface area contributed by atoms with Crippen LogP contribution >= 0.6 is 0 Å². The normalized spacial score (nSPS) is 21.9. The Balaban J connectivity index is 1.60. The molecule has 1 atom stereocenters. The number of rotatable bonds is 7. The molecule has 1 saturated heterocycles. The van der Waals surface area contributed by atoms with Gasteiger partial charge in [-0.1, -0.05) is 31.4 Å². The summed E-state index contributed by atoms with van der Waals surface area (Å²) in [5, 5.41) is 3.09. The van der Waals surface area contributed by atoms with Crippen LogP contribution in [0.15, 0.2) is 24.3 Å². The van der Waals surface area contributed by atoms with Gasteiger partial charge in [-0.2, -0.15) is 4.31 Å². The molecule has 0 bridgehead atoms. The number of nitrogens with zero attached hydrogens (tertiary/aromatic N) is 1. The molecule has 1 aromatic rings. The smallest absolute Gasteiger partial charge is 0.238 e. The number of benzene rings is 1. The van der Waals surface area contributed by atoms with E-state index in [1.165, 1.54) is 10.7 Å². The lowest BCUT2D eigenvalue weighted by atomic mass is 9.95. The van der Waals surface area contributed by atoms with Gasteiger partial charge in [0, 0.05) is 12.6 Å². The van der Waals surface area contributed by atoms with Gasteiger partial charge in [-0.05, 0) is 49.8 Å². The molecule has 1 saturated carbocycles. The lowest BCUT2D eigenvalue weighted by Crippen LogP contribution is -2.49. The number of aryl methyl sites for hydroxylation is 1. The maximum absolute atomic E-state index is 12.9. The van der Waals surface area contributed by atoms with Gasteiger partial charge in [-0.3, -0.25) is 4.79 Å². The van der Waals surface area contributed by atoms with Crippen molar-refractivity contribution >= 4 is 15.9 Å². The molecule has 6 nitrogen and oxygen atoms in total. The largest absolute Gasteiger partial charge is 0.497 e. The van der Waals surface area contributed by atoms with E-state index in [0.29, 0.717) is 19.4 Å². The summed E-state index contributed by atoms with van der Waals surface area (Å²) >= 11 is 0. The van der Waals surface area contributed by atoms with E-state index in [0.717, 1.165) is 43.4 Å². The second-order valence-electron chi connectivity index (χ2n) is 7.53. The number of carbonyl (C=O) groups is 1. The zero-order valence-corrected chi connectivity index (χ0v) is 16.8. The molecule has 150 valence electrons. The summed E-state index contributed by atoms with van der Waals surface area (Å²) < 4.78 is 32.4. The highest BCUT2D eigenvalue weighted by Gasteiger charge is 2.38. The SMILES string of the molecule is COc1cccc(CCS(=O)(=O)N2CCCC2C(=O)NC2CCCCC2)c1. The van der Waals surface area contributed by atoms with Crippen LogP contribution in [0.25, 0.3) is 0 Å². The van der Waals surface area contributed by atoms with Crippen molar-refractivity contribution < 1.29 is 17.9 Å². The molecule has 0 radical (unpaired) electrons. The van der Waals surface area contributed by atoms with E-state index in [2.05, 4.69) is 5.32 Å². The summed E-state index contributed by atoms with van der Waals surface area (Å²) in [7, 11) is -1.89. The third-order valence-electron chi connectivity index (χ3n) is 5.60. The fourth-order valence-electron chi connectivity index (χ4n) is 4.07. The topological polar surface area (TPSA) is 75.7 Å². The molecule has 1 amide bonds. The van der Waals surface area contributed by atoms with Crippen LogP contribution in [0.2, 0.25) is 0 Å². The van der Waals surface area contributed by atoms with Crippen molar-refractivity contribution in [1.82, 2.24) is 9.62 Å². The van der Waals surface area contributed by atoms with E-state index in [1.807, 2.05) is 24.3 Å². The predicted molar refractivity (Wildman–Crippen MR) is 105 cm³/mol. The Morgan fingerprint density at radius 1 is 1.19 bits per heavy atom. The van der Waals surface area contributed by atoms with Crippen LogP contribution in [-0.4, -0.2) is 50.1 Å². The fourth-order valence-corrected chi connectivity index (χ4v) is 5.80. The monoisotopic (exact) mass is 394 g/mol. The van der Waals surface area contributed by atoms with E-state index in [9.17, 15) is 13.2 Å². The molecule has 1 unspecified atom stereocenters. The molecular weight excluding hydrogens is 364 g/mol. The van der Waals surface area contributed by atoms with E-state index < -0.39 is 16.1 Å². The van der Waals surface area contributed by atoms with Gasteiger partial charge in [0.15, 0.2) is 0 Å². The van der Waals surface area contributed by atoms with E-state index in [1.54, 1.807) is 7.11 Å². The van der Waals surface area contributed by atoms with Gasteiger partial charge in [0.2, 0.25) is 15.9 Å². The van der Waals surface area contributed by atoms with Crippen molar-refractivity contribution in [2.24, 2.45) is 0 Å². The molecule has 3 rings (SSSR count). The minimum absolute atomic E-state index is 0.00732. The molecule has 7 heteroatoms. The Hall–Kier alpha value is -1.60. The first-order chi connectivity index (χ1) is 13.0. The van der Waals surface area contributed by atoms with Crippen molar-refractivity contribution in [3.8, 4) is 5.75 Å². The first-order valence-electron chi connectivity index (χ1n) is 9.92. The second kappa shape index (κ2) is 9.06. The molecular formula is C20H30N2O4S. The molecule has 2 fully saturated rings. The predicted octanol–water partition coefficient (Wildman–Crippen LogP) is 2.48. The summed E-state index contributed by atoms with van der Waals surface area (Å²) in [4.78, 5) is 12.7. The number of hydrogen-bond donors (Lipinski definition) is 1. The number of nitrogens with one attached hydrogen (secondary N) is 1. The van der Waals surface area contributed by atoms with Crippen LogP contribution in [0, 0.1) is 0 Å². The molecule has 1 aromatic carbocycles. The Bertz CT molecular complexity index is 744. The first-order valence-corrected chi connectivity index (χ1v) is 11.5. The molecule has 2 aliphatic rings. The molecule has 0 spiro atoms.